The maximum absolute atomic E-state index is 16.1. The third kappa shape index (κ3) is 8.62. The molecule has 4 fully saturated rings. The van der Waals surface area contributed by atoms with Crippen molar-refractivity contribution in [3.05, 3.63) is 108 Å². The topological polar surface area (TPSA) is 209 Å². The fraction of sp³-hybridized carbons (Fsp3) is 0.320. The smallest absolute Gasteiger partial charge is 0.280 e. The summed E-state index contributed by atoms with van der Waals surface area (Å²) in [6.07, 6.45) is 2.35. The molecule has 20 heteroatoms. The third-order valence-electron chi connectivity index (χ3n) is 13.6. The fourth-order valence-electron chi connectivity index (χ4n) is 9.75. The van der Waals surface area contributed by atoms with Gasteiger partial charge in [-0.15, -0.1) is 0 Å². The standard InChI is InChI=1S/C50H45F3N8O9/c1-69-39-22-33-35(54-19-15-38(33)70-31-11-9-30(10-12-31)56-48(68)49(17-18-49)47(67)55-29-7-5-28(51)6-8-29)23-37(39)59-20-16-40(50(52,53)26-59)60-24-27(25-60)21-42(63)57-34-4-2-3-32-43(34)46(66)61(45(32)65)36-13-14-41(62)58-44(36)64/h2-12,15,19,22-23,27,36,40H,13-14,16-18,20-21,24-26H2,1H3,(H,55,67)(H,56,68)(H,57,63)(H,58,62,64). The second kappa shape index (κ2) is 17.9. The number of carbonyl (C=O) groups is 7. The molecule has 0 bridgehead atoms. The molecule has 1 aromatic heterocycles. The van der Waals surface area contributed by atoms with E-state index < -0.39 is 77.1 Å². The molecule has 5 aromatic rings. The zero-order valence-electron chi connectivity index (χ0n) is 37.6. The summed E-state index contributed by atoms with van der Waals surface area (Å²) in [5.41, 5.74) is 0.572. The van der Waals surface area contributed by atoms with Gasteiger partial charge in [0.15, 0.2) is 0 Å². The molecule has 2 unspecified atom stereocenters. The van der Waals surface area contributed by atoms with E-state index in [1.165, 1.54) is 49.6 Å². The first-order valence-electron chi connectivity index (χ1n) is 22.8. The molecule has 0 spiro atoms. The second-order valence-electron chi connectivity index (χ2n) is 18.2. The first kappa shape index (κ1) is 45.9. The molecular weight excluding hydrogens is 914 g/mol. The number of fused-ring (bicyclic) bond motifs is 2. The number of alkyl halides is 2. The highest BCUT2D eigenvalue weighted by Crippen LogP contribution is 2.48. The lowest BCUT2D eigenvalue weighted by molar-refractivity contribution is -0.136. The molecule has 5 aliphatic rings. The first-order valence-corrected chi connectivity index (χ1v) is 22.8. The summed E-state index contributed by atoms with van der Waals surface area (Å²) in [6, 6.07) is 19.1. The summed E-state index contributed by atoms with van der Waals surface area (Å²) in [6.45, 7) is 0.195. The van der Waals surface area contributed by atoms with Crippen LogP contribution in [0.3, 0.4) is 0 Å². The van der Waals surface area contributed by atoms with Gasteiger partial charge in [0.1, 0.15) is 34.5 Å². The molecule has 4 N–H and O–H groups in total. The molecule has 4 aromatic carbocycles. The molecule has 0 radical (unpaired) electrons. The zero-order valence-corrected chi connectivity index (χ0v) is 37.6. The number of hydrogen-bond donors (Lipinski definition) is 4. The minimum Gasteiger partial charge on any atom is -0.495 e. The highest BCUT2D eigenvalue weighted by atomic mass is 19.3. The number of halogens is 3. The predicted molar refractivity (Wildman–Crippen MR) is 247 cm³/mol. The summed E-state index contributed by atoms with van der Waals surface area (Å²) in [5, 5.41) is 10.9. The van der Waals surface area contributed by atoms with E-state index >= 15 is 8.78 Å². The van der Waals surface area contributed by atoms with Gasteiger partial charge in [0.2, 0.25) is 29.5 Å². The molecular formula is C50H45F3N8O9. The lowest BCUT2D eigenvalue weighted by Crippen LogP contribution is -2.64. The van der Waals surface area contributed by atoms with E-state index in [9.17, 15) is 38.0 Å². The largest absolute Gasteiger partial charge is 0.495 e. The Labute approximate surface area is 397 Å². The molecule has 10 rings (SSSR count). The van der Waals surface area contributed by atoms with Gasteiger partial charge in [0.05, 0.1) is 47.7 Å². The number of pyridine rings is 1. The number of piperidine rings is 2. The van der Waals surface area contributed by atoms with E-state index in [2.05, 4.69) is 26.3 Å². The van der Waals surface area contributed by atoms with Crippen molar-refractivity contribution in [2.45, 2.75) is 56.5 Å². The van der Waals surface area contributed by atoms with Crippen molar-refractivity contribution in [1.82, 2.24) is 20.1 Å². The van der Waals surface area contributed by atoms with Crippen molar-refractivity contribution in [1.29, 1.82) is 0 Å². The van der Waals surface area contributed by atoms with Crippen LogP contribution in [-0.4, -0.2) is 107 Å². The second-order valence-corrected chi connectivity index (χ2v) is 18.2. The number of aromatic nitrogens is 1. The maximum atomic E-state index is 16.1. The van der Waals surface area contributed by atoms with E-state index in [0.717, 1.165) is 4.90 Å². The van der Waals surface area contributed by atoms with Crippen LogP contribution in [0.4, 0.5) is 35.9 Å². The Morgan fingerprint density at radius 1 is 0.843 bits per heavy atom. The van der Waals surface area contributed by atoms with Gasteiger partial charge >= 0.3 is 0 Å². The Balaban J connectivity index is 0.736. The van der Waals surface area contributed by atoms with E-state index in [-0.39, 0.29) is 68.0 Å². The van der Waals surface area contributed by atoms with Crippen molar-refractivity contribution in [2.75, 3.05) is 54.1 Å². The van der Waals surface area contributed by atoms with E-state index in [1.54, 1.807) is 58.5 Å². The fourth-order valence-corrected chi connectivity index (χ4v) is 9.75. The lowest BCUT2D eigenvalue weighted by atomic mass is 9.89. The molecule has 5 heterocycles. The van der Waals surface area contributed by atoms with Crippen LogP contribution >= 0.6 is 0 Å². The Morgan fingerprint density at radius 3 is 2.20 bits per heavy atom. The molecule has 1 saturated carbocycles. The third-order valence-corrected chi connectivity index (χ3v) is 13.6. The van der Waals surface area contributed by atoms with E-state index in [1.807, 2.05) is 0 Å². The van der Waals surface area contributed by atoms with Gasteiger partial charge in [0.25, 0.3) is 17.7 Å². The summed E-state index contributed by atoms with van der Waals surface area (Å²) in [7, 11) is 1.45. The van der Waals surface area contributed by atoms with Crippen LogP contribution in [-0.2, 0) is 24.0 Å². The minimum atomic E-state index is -3.14. The number of methoxy groups -OCH3 is 1. The summed E-state index contributed by atoms with van der Waals surface area (Å²) in [4.78, 5) is 98.9. The Morgan fingerprint density at radius 2 is 1.54 bits per heavy atom. The van der Waals surface area contributed by atoms with Crippen molar-refractivity contribution in [2.24, 2.45) is 11.3 Å². The molecule has 7 amide bonds. The van der Waals surface area contributed by atoms with Crippen molar-refractivity contribution in [3.8, 4) is 17.2 Å². The number of nitrogens with zero attached hydrogens (tertiary/aromatic N) is 4. The van der Waals surface area contributed by atoms with Gasteiger partial charge in [-0.1, -0.05) is 6.07 Å². The van der Waals surface area contributed by atoms with Gasteiger partial charge in [-0.3, -0.25) is 53.7 Å². The minimum absolute atomic E-state index is 0.00997. The van der Waals surface area contributed by atoms with E-state index in [0.29, 0.717) is 58.1 Å². The van der Waals surface area contributed by atoms with E-state index in [4.69, 9.17) is 9.47 Å². The SMILES string of the molecule is COc1cc2c(Oc3ccc(NC(=O)C4(C(=O)Nc5ccc(F)cc5)CC4)cc3)ccnc2cc1N1CCC(N2CC(CC(=O)Nc3cccc4c3C(=O)N(C3CCC(=O)NC3=O)C4=O)C2)C(F)(F)C1. The molecule has 1 aliphatic carbocycles. The number of benzene rings is 4. The Bertz CT molecular complexity index is 3000. The molecule has 4 aliphatic heterocycles. The molecule has 3 saturated heterocycles. The van der Waals surface area contributed by atoms with Gasteiger partial charge < -0.3 is 30.3 Å². The summed E-state index contributed by atoms with van der Waals surface area (Å²) in [5.74, 6) is -6.74. The van der Waals surface area contributed by atoms with Crippen molar-refractivity contribution in [3.63, 3.8) is 0 Å². The zero-order chi connectivity index (χ0) is 49.1. The monoisotopic (exact) mass is 958 g/mol. The quantitative estimate of drug-likeness (QED) is 0.0779. The maximum Gasteiger partial charge on any atom is 0.280 e. The van der Waals surface area contributed by atoms with Crippen molar-refractivity contribution < 1.29 is 56.2 Å². The Hall–Kier alpha value is -7.87. The molecule has 17 nitrogen and oxygen atoms in total. The number of rotatable bonds is 13. The molecule has 360 valence electrons. The predicted octanol–water partition coefficient (Wildman–Crippen LogP) is 6.11. The summed E-state index contributed by atoms with van der Waals surface area (Å²) >= 11 is 0. The number of carbonyl (C=O) groups excluding carboxylic acids is 7. The Kier molecular flexibility index (Phi) is 11.7. The molecule has 70 heavy (non-hydrogen) atoms. The number of hydrogen-bond acceptors (Lipinski definition) is 12. The van der Waals surface area contributed by atoms with Crippen LogP contribution in [0.5, 0.6) is 17.2 Å². The van der Waals surface area contributed by atoms with Crippen molar-refractivity contribution >= 4 is 75.0 Å². The number of likely N-dealkylation sites (tertiary alicyclic amines) is 1. The highest BCUT2D eigenvalue weighted by molar-refractivity contribution is 6.26. The number of ether oxygens (including phenoxy) is 2. The van der Waals surface area contributed by atoms with Gasteiger partial charge in [0, 0.05) is 55.4 Å². The van der Waals surface area contributed by atoms with Crippen LogP contribution in [0, 0.1) is 17.2 Å². The normalized spacial score (nSPS) is 20.6. The van der Waals surface area contributed by atoms with Gasteiger partial charge in [-0.25, -0.2) is 13.2 Å². The number of anilines is 4. The lowest BCUT2D eigenvalue weighted by Gasteiger charge is -2.50. The average Bonchev–Trinajstić information content (AvgIpc) is 4.10. The van der Waals surface area contributed by atoms with Crippen LogP contribution in [0.15, 0.2) is 91.1 Å². The van der Waals surface area contributed by atoms with Crippen LogP contribution in [0.2, 0.25) is 0 Å². The number of imide groups is 2. The van der Waals surface area contributed by atoms with Crippen LogP contribution in [0.25, 0.3) is 10.9 Å². The number of amides is 7. The van der Waals surface area contributed by atoms with Gasteiger partial charge in [-0.2, -0.15) is 0 Å². The van der Waals surface area contributed by atoms with Gasteiger partial charge in [-0.05, 0) is 110 Å². The molecule has 2 atom stereocenters. The van der Waals surface area contributed by atoms with Crippen LogP contribution < -0.4 is 35.6 Å². The average molecular weight is 959 g/mol. The van der Waals surface area contributed by atoms with Crippen LogP contribution in [0.1, 0.15) is 59.2 Å². The first-order chi connectivity index (χ1) is 33.6. The highest BCUT2D eigenvalue weighted by Gasteiger charge is 2.57. The summed E-state index contributed by atoms with van der Waals surface area (Å²) < 4.78 is 57.5. The number of nitrogens with one attached hydrogen (secondary N) is 4.